The van der Waals surface area contributed by atoms with Crippen LogP contribution < -0.4 is 5.32 Å². The molecule has 1 aliphatic rings. The van der Waals surface area contributed by atoms with Gasteiger partial charge in [0.05, 0.1) is 0 Å². The summed E-state index contributed by atoms with van der Waals surface area (Å²) in [5.74, 6) is 0.513. The van der Waals surface area contributed by atoms with E-state index in [2.05, 4.69) is 27.7 Å². The van der Waals surface area contributed by atoms with Crippen molar-refractivity contribution in [2.24, 2.45) is 5.92 Å². The zero-order valence-electron chi connectivity index (χ0n) is 16.9. The molecule has 1 fully saturated rings. The first-order chi connectivity index (χ1) is 13.5. The summed E-state index contributed by atoms with van der Waals surface area (Å²) in [5.41, 5.74) is 2.99. The number of amides is 1. The van der Waals surface area contributed by atoms with Crippen LogP contribution in [0.2, 0.25) is 0 Å². The molecular weight excluding hydrogens is 368 g/mol. The van der Waals surface area contributed by atoms with Crippen molar-refractivity contribution in [3.05, 3.63) is 57.3 Å². The lowest BCUT2D eigenvalue weighted by atomic mass is 9.97. The van der Waals surface area contributed by atoms with Gasteiger partial charge in [0.1, 0.15) is 0 Å². The summed E-state index contributed by atoms with van der Waals surface area (Å²) < 4.78 is 0. The van der Waals surface area contributed by atoms with Crippen LogP contribution in [0, 0.1) is 19.8 Å². The minimum Gasteiger partial charge on any atom is -0.356 e. The van der Waals surface area contributed by atoms with Crippen LogP contribution in [-0.2, 0) is 11.3 Å². The Balaban J connectivity index is 1.38. The summed E-state index contributed by atoms with van der Waals surface area (Å²) in [6.07, 6.45) is 2.86. The van der Waals surface area contributed by atoms with Crippen LogP contribution in [0.3, 0.4) is 0 Å². The molecule has 1 amide bonds. The number of nitrogens with zero attached hydrogens (tertiary/aromatic N) is 1. The standard InChI is InChI=1S/C23H30N2O2S/c1-17-7-8-20(13-18(17)2)22(26)9-10-23(27)24-14-19-5-3-11-25(15-19)16-21-6-4-12-28-21/h4,6-8,12-13,19H,3,5,9-11,14-16H2,1-2H3,(H,24,27). The van der Waals surface area contributed by atoms with Crippen molar-refractivity contribution in [1.82, 2.24) is 10.2 Å². The Kier molecular flexibility index (Phi) is 7.40. The van der Waals surface area contributed by atoms with Gasteiger partial charge in [-0.1, -0.05) is 18.2 Å². The number of aryl methyl sites for hydroxylation is 2. The van der Waals surface area contributed by atoms with Crippen molar-refractivity contribution < 1.29 is 9.59 Å². The molecule has 1 unspecified atom stereocenters. The normalized spacial score (nSPS) is 17.4. The van der Waals surface area contributed by atoms with Crippen molar-refractivity contribution in [1.29, 1.82) is 0 Å². The minimum atomic E-state index is -0.0208. The number of ketones is 1. The second-order valence-electron chi connectivity index (χ2n) is 7.85. The van der Waals surface area contributed by atoms with E-state index >= 15 is 0 Å². The first-order valence-corrected chi connectivity index (χ1v) is 11.0. The van der Waals surface area contributed by atoms with Crippen molar-refractivity contribution in [2.75, 3.05) is 19.6 Å². The number of hydrogen-bond acceptors (Lipinski definition) is 4. The van der Waals surface area contributed by atoms with Crippen LogP contribution in [0.1, 0.15) is 52.0 Å². The molecular formula is C23H30N2O2S. The SMILES string of the molecule is Cc1ccc(C(=O)CCC(=O)NCC2CCCN(Cc3cccs3)C2)cc1C. The highest BCUT2D eigenvalue weighted by atomic mass is 32.1. The topological polar surface area (TPSA) is 49.4 Å². The summed E-state index contributed by atoms with van der Waals surface area (Å²) in [6, 6.07) is 10.0. The summed E-state index contributed by atoms with van der Waals surface area (Å²) in [4.78, 5) is 28.4. The lowest BCUT2D eigenvalue weighted by molar-refractivity contribution is -0.121. The molecule has 0 bridgehead atoms. The summed E-state index contributed by atoms with van der Waals surface area (Å²) in [7, 11) is 0. The number of rotatable bonds is 8. The number of Topliss-reactive ketones (excluding diaryl/α,β-unsaturated/α-hetero) is 1. The van der Waals surface area contributed by atoms with E-state index in [1.807, 2.05) is 32.0 Å². The van der Waals surface area contributed by atoms with Gasteiger partial charge in [0.25, 0.3) is 0 Å². The number of nitrogens with one attached hydrogen (secondary N) is 1. The molecule has 0 saturated carbocycles. The molecule has 1 N–H and O–H groups in total. The van der Waals surface area contributed by atoms with E-state index in [4.69, 9.17) is 0 Å². The van der Waals surface area contributed by atoms with Gasteiger partial charge < -0.3 is 5.32 Å². The van der Waals surface area contributed by atoms with Crippen LogP contribution in [0.25, 0.3) is 0 Å². The maximum Gasteiger partial charge on any atom is 0.220 e. The van der Waals surface area contributed by atoms with E-state index in [0.29, 0.717) is 18.0 Å². The number of hydrogen-bond donors (Lipinski definition) is 1. The molecule has 2 heterocycles. The van der Waals surface area contributed by atoms with Gasteiger partial charge in [-0.15, -0.1) is 11.3 Å². The fourth-order valence-electron chi connectivity index (χ4n) is 3.72. The Morgan fingerprint density at radius 2 is 2.04 bits per heavy atom. The minimum absolute atomic E-state index is 0.0208. The largest absolute Gasteiger partial charge is 0.356 e. The Morgan fingerprint density at radius 1 is 1.18 bits per heavy atom. The van der Waals surface area contributed by atoms with Crippen molar-refractivity contribution in [3.8, 4) is 0 Å². The first-order valence-electron chi connectivity index (χ1n) is 10.1. The number of thiophene rings is 1. The van der Waals surface area contributed by atoms with E-state index in [0.717, 1.165) is 31.6 Å². The number of carbonyl (C=O) groups excluding carboxylic acids is 2. The molecule has 5 heteroatoms. The quantitative estimate of drug-likeness (QED) is 0.672. The summed E-state index contributed by atoms with van der Waals surface area (Å²) in [6.45, 7) is 7.91. The third kappa shape index (κ3) is 6.01. The summed E-state index contributed by atoms with van der Waals surface area (Å²) >= 11 is 1.80. The van der Waals surface area contributed by atoms with E-state index in [9.17, 15) is 9.59 Å². The fourth-order valence-corrected chi connectivity index (χ4v) is 4.46. The molecule has 3 rings (SSSR count). The molecule has 0 spiro atoms. The third-order valence-corrected chi connectivity index (χ3v) is 6.42. The van der Waals surface area contributed by atoms with Crippen molar-refractivity contribution >= 4 is 23.0 Å². The monoisotopic (exact) mass is 398 g/mol. The first kappa shape index (κ1) is 20.7. The molecule has 150 valence electrons. The van der Waals surface area contributed by atoms with Gasteiger partial charge in [0.2, 0.25) is 5.91 Å². The summed E-state index contributed by atoms with van der Waals surface area (Å²) in [5, 5.41) is 5.17. The van der Waals surface area contributed by atoms with Gasteiger partial charge in [-0.3, -0.25) is 14.5 Å². The number of benzene rings is 1. The molecule has 28 heavy (non-hydrogen) atoms. The number of carbonyl (C=O) groups is 2. The van der Waals surface area contributed by atoms with Crippen molar-refractivity contribution in [3.63, 3.8) is 0 Å². The predicted molar refractivity (Wildman–Crippen MR) is 115 cm³/mol. The molecule has 4 nitrogen and oxygen atoms in total. The highest BCUT2D eigenvalue weighted by Gasteiger charge is 2.21. The molecule has 0 aliphatic carbocycles. The van der Waals surface area contributed by atoms with Crippen LogP contribution in [0.5, 0.6) is 0 Å². The Bertz CT molecular complexity index is 801. The Morgan fingerprint density at radius 3 is 2.79 bits per heavy atom. The molecule has 0 radical (unpaired) electrons. The van der Waals surface area contributed by atoms with Crippen LogP contribution in [0.15, 0.2) is 35.7 Å². The van der Waals surface area contributed by atoms with E-state index in [1.54, 1.807) is 11.3 Å². The Hall–Kier alpha value is -1.98. The van der Waals surface area contributed by atoms with Gasteiger partial charge in [-0.2, -0.15) is 0 Å². The Labute approximate surface area is 172 Å². The van der Waals surface area contributed by atoms with E-state index in [-0.39, 0.29) is 24.5 Å². The molecule has 1 aromatic heterocycles. The smallest absolute Gasteiger partial charge is 0.220 e. The van der Waals surface area contributed by atoms with E-state index in [1.165, 1.54) is 16.9 Å². The maximum absolute atomic E-state index is 12.3. The highest BCUT2D eigenvalue weighted by Crippen LogP contribution is 2.20. The van der Waals surface area contributed by atoms with Gasteiger partial charge in [-0.05, 0) is 67.8 Å². The van der Waals surface area contributed by atoms with Gasteiger partial charge in [-0.25, -0.2) is 0 Å². The zero-order chi connectivity index (χ0) is 19.9. The highest BCUT2D eigenvalue weighted by molar-refractivity contribution is 7.09. The van der Waals surface area contributed by atoms with Crippen LogP contribution in [0.4, 0.5) is 0 Å². The lowest BCUT2D eigenvalue weighted by Crippen LogP contribution is -2.40. The van der Waals surface area contributed by atoms with Gasteiger partial charge in [0, 0.05) is 42.9 Å². The lowest BCUT2D eigenvalue weighted by Gasteiger charge is -2.32. The van der Waals surface area contributed by atoms with Gasteiger partial charge >= 0.3 is 0 Å². The molecule has 2 aromatic rings. The van der Waals surface area contributed by atoms with Gasteiger partial charge in [0.15, 0.2) is 5.78 Å². The van der Waals surface area contributed by atoms with Crippen LogP contribution >= 0.6 is 11.3 Å². The average molecular weight is 399 g/mol. The van der Waals surface area contributed by atoms with E-state index < -0.39 is 0 Å². The third-order valence-electron chi connectivity index (χ3n) is 5.56. The second kappa shape index (κ2) is 9.99. The molecule has 1 saturated heterocycles. The number of likely N-dealkylation sites (tertiary alicyclic amines) is 1. The van der Waals surface area contributed by atoms with Crippen molar-refractivity contribution in [2.45, 2.75) is 46.1 Å². The number of piperidine rings is 1. The predicted octanol–water partition coefficient (Wildman–Crippen LogP) is 4.36. The van der Waals surface area contributed by atoms with Crippen LogP contribution in [-0.4, -0.2) is 36.2 Å². The molecule has 1 aliphatic heterocycles. The maximum atomic E-state index is 12.3. The molecule has 1 aromatic carbocycles. The fraction of sp³-hybridized carbons (Fsp3) is 0.478. The molecule has 1 atom stereocenters. The zero-order valence-corrected chi connectivity index (χ0v) is 17.7. The average Bonchev–Trinajstić information content (AvgIpc) is 3.20. The second-order valence-corrected chi connectivity index (χ2v) is 8.88.